The van der Waals surface area contributed by atoms with Crippen LogP contribution in [0.25, 0.3) is 0 Å². The van der Waals surface area contributed by atoms with E-state index in [2.05, 4.69) is 5.32 Å². The topological polar surface area (TPSA) is 12.0 Å². The van der Waals surface area contributed by atoms with E-state index in [4.69, 9.17) is 34.8 Å². The maximum atomic E-state index is 13.9. The molecule has 0 fully saturated rings. The maximum Gasteiger partial charge on any atom is 0.128 e. The molecule has 0 heterocycles. The molecule has 0 saturated heterocycles. The summed E-state index contributed by atoms with van der Waals surface area (Å²) in [6, 6.07) is 9.10. The lowest BCUT2D eigenvalue weighted by Gasteiger charge is -2.19. The fourth-order valence-electron chi connectivity index (χ4n) is 1.95. The second-order valence-corrected chi connectivity index (χ2v) is 5.33. The van der Waals surface area contributed by atoms with Crippen molar-refractivity contribution in [2.24, 2.45) is 0 Å². The molecule has 0 aliphatic carbocycles. The monoisotopic (exact) mass is 317 g/mol. The van der Waals surface area contributed by atoms with Crippen LogP contribution in [-0.2, 0) is 0 Å². The average Bonchev–Trinajstić information content (AvgIpc) is 2.38. The first-order chi connectivity index (χ1) is 9.02. The third-order valence-corrected chi connectivity index (χ3v) is 3.64. The van der Waals surface area contributed by atoms with Crippen LogP contribution in [-0.4, -0.2) is 7.05 Å². The molecule has 1 nitrogen and oxygen atoms in total. The smallest absolute Gasteiger partial charge is 0.128 e. The highest BCUT2D eigenvalue weighted by Crippen LogP contribution is 2.32. The molecule has 0 spiro atoms. The SMILES string of the molecule is CNC(c1cc(Cl)ccc1F)c1cc(Cl)ccc1Cl. The van der Waals surface area contributed by atoms with Crippen LogP contribution in [0.5, 0.6) is 0 Å². The Morgan fingerprint density at radius 2 is 1.53 bits per heavy atom. The minimum atomic E-state index is -0.412. The van der Waals surface area contributed by atoms with Crippen molar-refractivity contribution in [1.29, 1.82) is 0 Å². The first-order valence-corrected chi connectivity index (χ1v) is 6.73. The summed E-state index contributed by atoms with van der Waals surface area (Å²) in [5.41, 5.74) is 1.14. The van der Waals surface area contributed by atoms with E-state index >= 15 is 0 Å². The summed E-state index contributed by atoms with van der Waals surface area (Å²) in [6.45, 7) is 0. The first-order valence-electron chi connectivity index (χ1n) is 5.60. The summed E-state index contributed by atoms with van der Waals surface area (Å²) < 4.78 is 13.9. The van der Waals surface area contributed by atoms with Crippen LogP contribution in [0.2, 0.25) is 15.1 Å². The van der Waals surface area contributed by atoms with Crippen LogP contribution in [0.1, 0.15) is 17.2 Å². The van der Waals surface area contributed by atoms with Crippen molar-refractivity contribution >= 4 is 34.8 Å². The summed E-state index contributed by atoms with van der Waals surface area (Å²) in [4.78, 5) is 0. The van der Waals surface area contributed by atoms with Crippen molar-refractivity contribution in [2.75, 3.05) is 7.05 Å². The molecule has 0 amide bonds. The summed E-state index contributed by atoms with van der Waals surface area (Å²) in [5, 5.41) is 4.56. The van der Waals surface area contributed by atoms with Crippen molar-refractivity contribution in [3.8, 4) is 0 Å². The second-order valence-electron chi connectivity index (χ2n) is 4.05. The fraction of sp³-hybridized carbons (Fsp3) is 0.143. The standard InChI is InChI=1S/C14H11Cl3FN/c1-19-14(10-6-8(15)2-4-12(10)17)11-7-9(16)3-5-13(11)18/h2-7,14,19H,1H3. The Kier molecular flexibility index (Phi) is 4.69. The molecule has 100 valence electrons. The Morgan fingerprint density at radius 3 is 2.16 bits per heavy atom. The molecule has 19 heavy (non-hydrogen) atoms. The lowest BCUT2D eigenvalue weighted by atomic mass is 9.98. The molecule has 2 aromatic carbocycles. The van der Waals surface area contributed by atoms with Gasteiger partial charge in [0.1, 0.15) is 5.82 Å². The molecule has 1 atom stereocenters. The summed E-state index contributed by atoms with van der Waals surface area (Å²) in [6.07, 6.45) is 0. The summed E-state index contributed by atoms with van der Waals surface area (Å²) in [5.74, 6) is -0.347. The van der Waals surface area contributed by atoms with E-state index in [1.165, 1.54) is 12.1 Å². The van der Waals surface area contributed by atoms with Gasteiger partial charge in [0.15, 0.2) is 0 Å². The zero-order valence-electron chi connectivity index (χ0n) is 10.1. The van der Waals surface area contributed by atoms with Gasteiger partial charge in [-0.1, -0.05) is 34.8 Å². The highest BCUT2D eigenvalue weighted by molar-refractivity contribution is 6.33. The third-order valence-electron chi connectivity index (χ3n) is 2.83. The van der Waals surface area contributed by atoms with E-state index in [9.17, 15) is 4.39 Å². The quantitative estimate of drug-likeness (QED) is 0.830. The maximum absolute atomic E-state index is 13.9. The van der Waals surface area contributed by atoms with Crippen LogP contribution in [0.4, 0.5) is 4.39 Å². The number of benzene rings is 2. The molecular weight excluding hydrogens is 308 g/mol. The predicted octanol–water partition coefficient (Wildman–Crippen LogP) is 5.09. The zero-order chi connectivity index (χ0) is 14.0. The van der Waals surface area contributed by atoms with Crippen molar-refractivity contribution in [3.63, 3.8) is 0 Å². The Hall–Kier alpha value is -0.800. The van der Waals surface area contributed by atoms with Crippen molar-refractivity contribution in [3.05, 3.63) is 68.4 Å². The molecule has 0 saturated carbocycles. The molecule has 0 radical (unpaired) electrons. The van der Waals surface area contributed by atoms with Crippen LogP contribution in [0.15, 0.2) is 36.4 Å². The number of hydrogen-bond donors (Lipinski definition) is 1. The highest BCUT2D eigenvalue weighted by atomic mass is 35.5. The van der Waals surface area contributed by atoms with Gasteiger partial charge < -0.3 is 5.32 Å². The van der Waals surface area contributed by atoms with Gasteiger partial charge in [0, 0.05) is 20.6 Å². The summed E-state index contributed by atoms with van der Waals surface area (Å²) >= 11 is 18.1. The van der Waals surface area contributed by atoms with Crippen LogP contribution in [0.3, 0.4) is 0 Å². The fourth-order valence-corrected chi connectivity index (χ4v) is 2.54. The van der Waals surface area contributed by atoms with E-state index in [0.29, 0.717) is 26.2 Å². The van der Waals surface area contributed by atoms with Gasteiger partial charge in [-0.05, 0) is 49.0 Å². The molecule has 0 aromatic heterocycles. The Morgan fingerprint density at radius 1 is 0.947 bits per heavy atom. The van der Waals surface area contributed by atoms with E-state index in [0.717, 1.165) is 0 Å². The van der Waals surface area contributed by atoms with E-state index < -0.39 is 6.04 Å². The first kappa shape index (κ1) is 14.6. The number of hydrogen-bond acceptors (Lipinski definition) is 1. The van der Waals surface area contributed by atoms with Crippen LogP contribution < -0.4 is 5.32 Å². The molecule has 2 rings (SSSR count). The van der Waals surface area contributed by atoms with E-state index in [1.54, 1.807) is 31.3 Å². The molecule has 0 aliphatic heterocycles. The van der Waals surface area contributed by atoms with Gasteiger partial charge in [0.2, 0.25) is 0 Å². The lowest BCUT2D eigenvalue weighted by Crippen LogP contribution is -2.19. The third kappa shape index (κ3) is 3.21. The van der Waals surface area contributed by atoms with Crippen molar-refractivity contribution in [1.82, 2.24) is 5.32 Å². The van der Waals surface area contributed by atoms with Gasteiger partial charge in [-0.3, -0.25) is 0 Å². The summed E-state index contributed by atoms with van der Waals surface area (Å²) in [7, 11) is 1.72. The normalized spacial score (nSPS) is 12.5. The van der Waals surface area contributed by atoms with E-state index in [-0.39, 0.29) is 5.82 Å². The minimum Gasteiger partial charge on any atom is -0.309 e. The van der Waals surface area contributed by atoms with Crippen LogP contribution in [0, 0.1) is 5.82 Å². The van der Waals surface area contributed by atoms with Crippen molar-refractivity contribution < 1.29 is 4.39 Å². The Balaban J connectivity index is 2.55. The predicted molar refractivity (Wildman–Crippen MR) is 78.8 cm³/mol. The molecular formula is C14H11Cl3FN. The van der Waals surface area contributed by atoms with Crippen LogP contribution >= 0.6 is 34.8 Å². The average molecular weight is 319 g/mol. The van der Waals surface area contributed by atoms with Gasteiger partial charge in [0.05, 0.1) is 6.04 Å². The van der Waals surface area contributed by atoms with Gasteiger partial charge in [-0.25, -0.2) is 4.39 Å². The minimum absolute atomic E-state index is 0.347. The number of nitrogens with one attached hydrogen (secondary N) is 1. The number of halogens is 4. The molecule has 2 aromatic rings. The number of rotatable bonds is 3. The molecule has 5 heteroatoms. The van der Waals surface area contributed by atoms with Gasteiger partial charge in [0.25, 0.3) is 0 Å². The lowest BCUT2D eigenvalue weighted by molar-refractivity contribution is 0.576. The second kappa shape index (κ2) is 6.10. The molecule has 1 N–H and O–H groups in total. The Bertz CT molecular complexity index is 550. The molecule has 1 unspecified atom stereocenters. The van der Waals surface area contributed by atoms with Gasteiger partial charge in [-0.2, -0.15) is 0 Å². The Labute approximate surface area is 126 Å². The molecule has 0 bridgehead atoms. The highest BCUT2D eigenvalue weighted by Gasteiger charge is 2.19. The van der Waals surface area contributed by atoms with Crippen molar-refractivity contribution in [2.45, 2.75) is 6.04 Å². The van der Waals surface area contributed by atoms with Gasteiger partial charge >= 0.3 is 0 Å². The largest absolute Gasteiger partial charge is 0.309 e. The molecule has 0 aliphatic rings. The van der Waals surface area contributed by atoms with Gasteiger partial charge in [-0.15, -0.1) is 0 Å². The zero-order valence-corrected chi connectivity index (χ0v) is 12.3. The van der Waals surface area contributed by atoms with E-state index in [1.807, 2.05) is 0 Å².